The van der Waals surface area contributed by atoms with Crippen molar-refractivity contribution in [2.45, 2.75) is 12.5 Å². The lowest BCUT2D eigenvalue weighted by Crippen LogP contribution is -2.23. The minimum absolute atomic E-state index is 0.281. The summed E-state index contributed by atoms with van der Waals surface area (Å²) in [5, 5.41) is 22.3. The molecule has 2 aromatic rings. The fourth-order valence-electron chi connectivity index (χ4n) is 1.83. The van der Waals surface area contributed by atoms with Crippen LogP contribution in [0, 0.1) is 0 Å². The van der Waals surface area contributed by atoms with E-state index in [4.69, 9.17) is 0 Å². The molecule has 1 aromatic carbocycles. The number of aromatic nitrogens is 1. The van der Waals surface area contributed by atoms with Gasteiger partial charge in [0.2, 0.25) is 0 Å². The Morgan fingerprint density at radius 1 is 1.16 bits per heavy atom. The van der Waals surface area contributed by atoms with Crippen molar-refractivity contribution in [2.75, 3.05) is 13.1 Å². The van der Waals surface area contributed by atoms with Gasteiger partial charge in [0, 0.05) is 24.5 Å². The first kappa shape index (κ1) is 13.5. The number of nitrogens with zero attached hydrogens (tertiary/aromatic N) is 1. The molecule has 0 saturated carbocycles. The summed E-state index contributed by atoms with van der Waals surface area (Å²) in [6.45, 7) is 1.28. The van der Waals surface area contributed by atoms with Gasteiger partial charge in [0.15, 0.2) is 0 Å². The first-order valence-corrected chi connectivity index (χ1v) is 6.32. The van der Waals surface area contributed by atoms with Crippen molar-refractivity contribution in [1.82, 2.24) is 10.3 Å². The van der Waals surface area contributed by atoms with Crippen molar-refractivity contribution in [1.29, 1.82) is 0 Å². The van der Waals surface area contributed by atoms with Gasteiger partial charge in [-0.25, -0.2) is 0 Å². The molecular formula is C15H18N2O2. The van der Waals surface area contributed by atoms with E-state index in [2.05, 4.69) is 10.3 Å². The first-order chi connectivity index (χ1) is 9.25. The summed E-state index contributed by atoms with van der Waals surface area (Å²) in [5.74, 6) is 0.281. The van der Waals surface area contributed by atoms with Crippen molar-refractivity contribution >= 4 is 0 Å². The quantitative estimate of drug-likeness (QED) is 0.689. The molecule has 0 amide bonds. The SMILES string of the molecule is Oc1ccc(CCNC[C@H](O)c2cccnc2)cc1. The molecule has 0 aliphatic carbocycles. The molecule has 0 fully saturated rings. The van der Waals surface area contributed by atoms with Crippen LogP contribution in [0.2, 0.25) is 0 Å². The van der Waals surface area contributed by atoms with E-state index in [1.807, 2.05) is 24.3 Å². The monoisotopic (exact) mass is 258 g/mol. The van der Waals surface area contributed by atoms with Crippen molar-refractivity contribution < 1.29 is 10.2 Å². The Kier molecular flexibility index (Phi) is 4.89. The molecule has 100 valence electrons. The molecule has 0 aliphatic rings. The van der Waals surface area contributed by atoms with E-state index in [1.165, 1.54) is 0 Å². The fourth-order valence-corrected chi connectivity index (χ4v) is 1.83. The maximum absolute atomic E-state index is 9.92. The van der Waals surface area contributed by atoms with E-state index in [0.29, 0.717) is 6.54 Å². The second-order valence-electron chi connectivity index (χ2n) is 4.42. The highest BCUT2D eigenvalue weighted by Gasteiger charge is 2.06. The lowest BCUT2D eigenvalue weighted by molar-refractivity contribution is 0.174. The third kappa shape index (κ3) is 4.35. The molecule has 0 unspecified atom stereocenters. The summed E-state index contributed by atoms with van der Waals surface area (Å²) in [6, 6.07) is 10.8. The number of phenols is 1. The molecule has 1 heterocycles. The van der Waals surface area contributed by atoms with Gasteiger partial charge in [-0.15, -0.1) is 0 Å². The second-order valence-corrected chi connectivity index (χ2v) is 4.42. The average Bonchev–Trinajstić information content (AvgIpc) is 2.46. The number of hydrogen-bond donors (Lipinski definition) is 3. The zero-order valence-electron chi connectivity index (χ0n) is 10.7. The van der Waals surface area contributed by atoms with Crippen molar-refractivity contribution in [3.63, 3.8) is 0 Å². The number of aromatic hydroxyl groups is 1. The Morgan fingerprint density at radius 3 is 2.63 bits per heavy atom. The van der Waals surface area contributed by atoms with Crippen LogP contribution in [-0.4, -0.2) is 28.3 Å². The van der Waals surface area contributed by atoms with Crippen molar-refractivity contribution in [2.24, 2.45) is 0 Å². The van der Waals surface area contributed by atoms with Crippen molar-refractivity contribution in [3.8, 4) is 5.75 Å². The molecule has 4 nitrogen and oxygen atoms in total. The number of nitrogens with one attached hydrogen (secondary N) is 1. The van der Waals surface area contributed by atoms with Crippen LogP contribution >= 0.6 is 0 Å². The lowest BCUT2D eigenvalue weighted by Gasteiger charge is -2.11. The predicted octanol–water partition coefficient (Wildman–Crippen LogP) is 1.65. The van der Waals surface area contributed by atoms with Crippen LogP contribution in [0.25, 0.3) is 0 Å². The van der Waals surface area contributed by atoms with Gasteiger partial charge in [-0.1, -0.05) is 18.2 Å². The third-order valence-corrected chi connectivity index (χ3v) is 2.93. The summed E-state index contributed by atoms with van der Waals surface area (Å²) in [6.07, 6.45) is 3.69. The van der Waals surface area contributed by atoms with Gasteiger partial charge in [0.1, 0.15) is 5.75 Å². The highest BCUT2D eigenvalue weighted by atomic mass is 16.3. The van der Waals surface area contributed by atoms with E-state index in [0.717, 1.165) is 24.1 Å². The first-order valence-electron chi connectivity index (χ1n) is 6.32. The summed E-state index contributed by atoms with van der Waals surface area (Å²) < 4.78 is 0. The van der Waals surface area contributed by atoms with E-state index < -0.39 is 6.10 Å². The van der Waals surface area contributed by atoms with Gasteiger partial charge in [0.05, 0.1) is 6.10 Å². The maximum atomic E-state index is 9.92. The Labute approximate surface area is 112 Å². The number of rotatable bonds is 6. The van der Waals surface area contributed by atoms with Gasteiger partial charge >= 0.3 is 0 Å². The number of aliphatic hydroxyl groups is 1. The average molecular weight is 258 g/mol. The molecule has 0 spiro atoms. The molecule has 0 radical (unpaired) electrons. The normalized spacial score (nSPS) is 12.3. The molecular weight excluding hydrogens is 240 g/mol. The van der Waals surface area contributed by atoms with Crippen LogP contribution in [0.5, 0.6) is 5.75 Å². The van der Waals surface area contributed by atoms with Gasteiger partial charge in [0.25, 0.3) is 0 Å². The fraction of sp³-hybridized carbons (Fsp3) is 0.267. The van der Waals surface area contributed by atoms with Crippen LogP contribution in [0.3, 0.4) is 0 Å². The number of benzene rings is 1. The molecule has 4 heteroatoms. The number of phenolic OH excluding ortho intramolecular Hbond substituents is 1. The minimum Gasteiger partial charge on any atom is -0.508 e. The summed E-state index contributed by atoms with van der Waals surface area (Å²) in [4.78, 5) is 3.98. The highest BCUT2D eigenvalue weighted by Crippen LogP contribution is 2.10. The standard InChI is InChI=1S/C15H18N2O2/c18-14-5-3-12(4-6-14)7-9-17-11-15(19)13-2-1-8-16-10-13/h1-6,8,10,15,17-19H,7,9,11H2/t15-/m0/s1. The smallest absolute Gasteiger partial charge is 0.115 e. The minimum atomic E-state index is -0.534. The Morgan fingerprint density at radius 2 is 1.95 bits per heavy atom. The predicted molar refractivity (Wildman–Crippen MR) is 73.9 cm³/mol. The van der Waals surface area contributed by atoms with E-state index >= 15 is 0 Å². The number of pyridine rings is 1. The number of aliphatic hydroxyl groups excluding tert-OH is 1. The van der Waals surface area contributed by atoms with Crippen LogP contribution in [0.4, 0.5) is 0 Å². The maximum Gasteiger partial charge on any atom is 0.115 e. The summed E-state index contributed by atoms with van der Waals surface area (Å²) >= 11 is 0. The van der Waals surface area contributed by atoms with Crippen molar-refractivity contribution in [3.05, 3.63) is 59.9 Å². The van der Waals surface area contributed by atoms with Crippen LogP contribution in [0.1, 0.15) is 17.2 Å². The number of hydrogen-bond acceptors (Lipinski definition) is 4. The van der Waals surface area contributed by atoms with Gasteiger partial charge in [-0.2, -0.15) is 0 Å². The topological polar surface area (TPSA) is 65.4 Å². The molecule has 3 N–H and O–H groups in total. The molecule has 0 saturated heterocycles. The van der Waals surface area contributed by atoms with E-state index in [9.17, 15) is 10.2 Å². The van der Waals surface area contributed by atoms with E-state index in [-0.39, 0.29) is 5.75 Å². The molecule has 19 heavy (non-hydrogen) atoms. The van der Waals surface area contributed by atoms with Crippen LogP contribution in [-0.2, 0) is 6.42 Å². The van der Waals surface area contributed by atoms with E-state index in [1.54, 1.807) is 24.5 Å². The van der Waals surface area contributed by atoms with Gasteiger partial charge in [-0.05, 0) is 36.7 Å². The zero-order valence-corrected chi connectivity index (χ0v) is 10.7. The largest absolute Gasteiger partial charge is 0.508 e. The van der Waals surface area contributed by atoms with Crippen LogP contribution in [0.15, 0.2) is 48.8 Å². The Bertz CT molecular complexity index is 485. The van der Waals surface area contributed by atoms with Gasteiger partial charge < -0.3 is 15.5 Å². The summed E-state index contributed by atoms with van der Waals surface area (Å²) in [5.41, 5.74) is 1.97. The third-order valence-electron chi connectivity index (χ3n) is 2.93. The lowest BCUT2D eigenvalue weighted by atomic mass is 10.1. The molecule has 1 atom stereocenters. The molecule has 1 aromatic heterocycles. The molecule has 2 rings (SSSR count). The zero-order chi connectivity index (χ0) is 13.5. The Balaban J connectivity index is 1.71. The Hall–Kier alpha value is -1.91. The molecule has 0 bridgehead atoms. The molecule has 0 aliphatic heterocycles. The van der Waals surface area contributed by atoms with Gasteiger partial charge in [-0.3, -0.25) is 4.98 Å². The second kappa shape index (κ2) is 6.87. The highest BCUT2D eigenvalue weighted by molar-refractivity contribution is 5.26. The van der Waals surface area contributed by atoms with Crippen LogP contribution < -0.4 is 5.32 Å². The summed E-state index contributed by atoms with van der Waals surface area (Å²) in [7, 11) is 0.